The van der Waals surface area contributed by atoms with E-state index >= 15 is 0 Å². The van der Waals surface area contributed by atoms with E-state index in [0.717, 1.165) is 68.7 Å². The van der Waals surface area contributed by atoms with E-state index < -0.39 is 0 Å². The largest absolute Gasteiger partial charge is 0.356 e. The highest BCUT2D eigenvalue weighted by molar-refractivity contribution is 5.93. The van der Waals surface area contributed by atoms with Crippen LogP contribution in [0.2, 0.25) is 0 Å². The average Bonchev–Trinajstić information content (AvgIpc) is 2.65. The number of amides is 2. The number of anilines is 1. The summed E-state index contributed by atoms with van der Waals surface area (Å²) in [5.74, 6) is 0.221. The monoisotopic (exact) mass is 374 g/mol. The maximum atomic E-state index is 12.8. The number of nitrogens with zero attached hydrogens (tertiary/aromatic N) is 1. The zero-order valence-corrected chi connectivity index (χ0v) is 17.4. The molecule has 1 aliphatic heterocycles. The molecule has 1 aliphatic rings. The second-order valence-electron chi connectivity index (χ2n) is 8.02. The molecule has 0 aliphatic carbocycles. The number of nitrogens with one attached hydrogen (secondary N) is 2. The summed E-state index contributed by atoms with van der Waals surface area (Å²) >= 11 is 0. The van der Waals surface area contributed by atoms with Gasteiger partial charge in [-0.05, 0) is 51.2 Å². The fourth-order valence-electron chi connectivity index (χ4n) is 4.11. The van der Waals surface area contributed by atoms with Crippen molar-refractivity contribution in [3.05, 3.63) is 29.3 Å². The Bertz CT molecular complexity index is 639. The van der Waals surface area contributed by atoms with Gasteiger partial charge in [0.05, 0.1) is 25.6 Å². The van der Waals surface area contributed by atoms with Crippen molar-refractivity contribution in [1.29, 1.82) is 0 Å². The van der Waals surface area contributed by atoms with Gasteiger partial charge < -0.3 is 15.1 Å². The molecule has 2 amide bonds. The van der Waals surface area contributed by atoms with Gasteiger partial charge in [0.1, 0.15) is 0 Å². The maximum absolute atomic E-state index is 12.8. The molecule has 5 heteroatoms. The minimum atomic E-state index is 0.0172. The van der Waals surface area contributed by atoms with Crippen LogP contribution < -0.4 is 10.6 Å². The van der Waals surface area contributed by atoms with E-state index in [9.17, 15) is 9.59 Å². The lowest BCUT2D eigenvalue weighted by atomic mass is 9.94. The number of carbonyl (C=O) groups is 2. The number of carbonyl (C=O) groups excluding carboxylic acids is 2. The molecule has 2 unspecified atom stereocenters. The topological polar surface area (TPSA) is 58.2 Å². The van der Waals surface area contributed by atoms with Gasteiger partial charge in [-0.25, -0.2) is 0 Å². The van der Waals surface area contributed by atoms with Gasteiger partial charge in [-0.3, -0.25) is 9.59 Å². The Morgan fingerprint density at radius 2 is 1.89 bits per heavy atom. The normalized spacial score (nSPS) is 22.3. The number of unbranched alkanes of at least 4 members (excludes halogenated alkanes) is 1. The number of likely N-dealkylation sites (N-methyl/N-ethyl adjacent to an activating group) is 1. The third-order valence-electron chi connectivity index (χ3n) is 5.89. The Labute approximate surface area is 164 Å². The number of benzene rings is 1. The first kappa shape index (κ1) is 21.4. The van der Waals surface area contributed by atoms with Crippen molar-refractivity contribution in [2.24, 2.45) is 5.92 Å². The van der Waals surface area contributed by atoms with Crippen LogP contribution in [0.5, 0.6) is 0 Å². The molecule has 2 rings (SSSR count). The first-order chi connectivity index (χ1) is 12.9. The van der Waals surface area contributed by atoms with Crippen LogP contribution in [0.4, 0.5) is 5.69 Å². The summed E-state index contributed by atoms with van der Waals surface area (Å²) in [7, 11) is 0. The number of para-hydroxylation sites is 1. The second-order valence-corrected chi connectivity index (χ2v) is 8.02. The highest BCUT2D eigenvalue weighted by atomic mass is 16.2. The number of rotatable bonds is 8. The van der Waals surface area contributed by atoms with Gasteiger partial charge in [0.2, 0.25) is 5.91 Å². The summed E-state index contributed by atoms with van der Waals surface area (Å²) < 4.78 is 0.697. The quantitative estimate of drug-likeness (QED) is 0.541. The van der Waals surface area contributed by atoms with Crippen LogP contribution in [-0.2, 0) is 9.59 Å². The summed E-state index contributed by atoms with van der Waals surface area (Å²) in [6.45, 7) is 12.1. The number of hydrogen-bond acceptors (Lipinski definition) is 2. The van der Waals surface area contributed by atoms with Crippen molar-refractivity contribution >= 4 is 17.5 Å². The van der Waals surface area contributed by atoms with E-state index in [0.29, 0.717) is 11.0 Å². The summed E-state index contributed by atoms with van der Waals surface area (Å²) in [6, 6.07) is 6.04. The van der Waals surface area contributed by atoms with Crippen LogP contribution in [0.25, 0.3) is 0 Å². The van der Waals surface area contributed by atoms with Crippen molar-refractivity contribution in [3.8, 4) is 0 Å². The van der Waals surface area contributed by atoms with Crippen molar-refractivity contribution in [3.63, 3.8) is 0 Å². The lowest BCUT2D eigenvalue weighted by Gasteiger charge is -2.42. The van der Waals surface area contributed by atoms with E-state index in [4.69, 9.17) is 0 Å². The summed E-state index contributed by atoms with van der Waals surface area (Å²) in [5.41, 5.74) is 3.08. The molecule has 5 nitrogen and oxygen atoms in total. The molecule has 1 heterocycles. The highest BCUT2D eigenvalue weighted by Crippen LogP contribution is 2.25. The maximum Gasteiger partial charge on any atom is 0.279 e. The average molecular weight is 375 g/mol. The molecule has 0 spiro atoms. The molecule has 1 fully saturated rings. The van der Waals surface area contributed by atoms with E-state index in [1.807, 2.05) is 32.0 Å². The number of likely N-dealkylation sites (tertiary alicyclic amines) is 1. The first-order valence-electron chi connectivity index (χ1n) is 10.4. The summed E-state index contributed by atoms with van der Waals surface area (Å²) in [5, 5.41) is 6.19. The van der Waals surface area contributed by atoms with Gasteiger partial charge in [-0.1, -0.05) is 31.5 Å². The van der Waals surface area contributed by atoms with Crippen molar-refractivity contribution in [2.75, 3.05) is 38.0 Å². The van der Waals surface area contributed by atoms with Crippen LogP contribution in [0.1, 0.15) is 50.7 Å². The van der Waals surface area contributed by atoms with Crippen molar-refractivity contribution in [2.45, 2.75) is 53.4 Å². The Kier molecular flexibility index (Phi) is 7.84. The van der Waals surface area contributed by atoms with E-state index in [2.05, 4.69) is 24.5 Å². The second kappa shape index (κ2) is 9.88. The van der Waals surface area contributed by atoms with E-state index in [1.165, 1.54) is 0 Å². The zero-order chi connectivity index (χ0) is 19.9. The molecule has 0 aromatic heterocycles. The van der Waals surface area contributed by atoms with Gasteiger partial charge in [-0.15, -0.1) is 0 Å². The van der Waals surface area contributed by atoms with Crippen LogP contribution >= 0.6 is 0 Å². The molecular formula is C22H36N3O2+. The Balaban J connectivity index is 2.01. The smallest absolute Gasteiger partial charge is 0.279 e. The minimum absolute atomic E-state index is 0.0172. The van der Waals surface area contributed by atoms with Crippen molar-refractivity contribution in [1.82, 2.24) is 5.32 Å². The van der Waals surface area contributed by atoms with Crippen LogP contribution in [-0.4, -0.2) is 49.0 Å². The Hall–Kier alpha value is -1.88. The van der Waals surface area contributed by atoms with Crippen LogP contribution in [0.15, 0.2) is 18.2 Å². The number of quaternary nitrogens is 1. The SMILES string of the molecule is CCCCNC(=O)C1CCC[N+](CC)(CC(=O)Nc2c(C)cccc2C)C1. The molecule has 1 saturated heterocycles. The molecule has 1 aromatic rings. The predicted molar refractivity (Wildman–Crippen MR) is 111 cm³/mol. The van der Waals surface area contributed by atoms with Gasteiger partial charge in [0.15, 0.2) is 6.54 Å². The number of aryl methyl sites for hydroxylation is 2. The predicted octanol–water partition coefficient (Wildman–Crippen LogP) is 3.40. The lowest BCUT2D eigenvalue weighted by Crippen LogP contribution is -2.59. The van der Waals surface area contributed by atoms with Gasteiger partial charge in [0, 0.05) is 12.2 Å². The fourth-order valence-corrected chi connectivity index (χ4v) is 4.11. The minimum Gasteiger partial charge on any atom is -0.356 e. The van der Waals surface area contributed by atoms with Gasteiger partial charge >= 0.3 is 0 Å². The standard InChI is InChI=1S/C22H35N3O2/c1-5-7-13-23-22(27)19-12-9-14-25(6-2,15-19)16-20(26)24-21-17(3)10-8-11-18(21)4/h8,10-11,19H,5-7,9,12-16H2,1-4H3,(H-,23,24,26,27)/p+1. The molecule has 0 saturated carbocycles. The fraction of sp³-hybridized carbons (Fsp3) is 0.636. The molecule has 0 bridgehead atoms. The van der Waals surface area contributed by atoms with Crippen LogP contribution in [0.3, 0.4) is 0 Å². The summed E-state index contributed by atoms with van der Waals surface area (Å²) in [4.78, 5) is 25.3. The van der Waals surface area contributed by atoms with Crippen molar-refractivity contribution < 1.29 is 14.1 Å². The Morgan fingerprint density at radius 3 is 2.52 bits per heavy atom. The first-order valence-corrected chi connectivity index (χ1v) is 10.4. The third kappa shape index (κ3) is 5.80. The van der Waals surface area contributed by atoms with E-state index in [-0.39, 0.29) is 17.7 Å². The molecular weight excluding hydrogens is 338 g/mol. The highest BCUT2D eigenvalue weighted by Gasteiger charge is 2.38. The number of piperidine rings is 1. The zero-order valence-electron chi connectivity index (χ0n) is 17.4. The molecule has 150 valence electrons. The summed E-state index contributed by atoms with van der Waals surface area (Å²) in [6.07, 6.45) is 4.02. The van der Waals surface area contributed by atoms with E-state index in [1.54, 1.807) is 0 Å². The number of hydrogen-bond donors (Lipinski definition) is 2. The molecule has 2 atom stereocenters. The van der Waals surface area contributed by atoms with Crippen LogP contribution in [0, 0.1) is 19.8 Å². The third-order valence-corrected chi connectivity index (χ3v) is 5.89. The molecule has 1 aromatic carbocycles. The molecule has 0 radical (unpaired) electrons. The van der Waals surface area contributed by atoms with Gasteiger partial charge in [0.25, 0.3) is 5.91 Å². The van der Waals surface area contributed by atoms with Gasteiger partial charge in [-0.2, -0.15) is 0 Å². The molecule has 27 heavy (non-hydrogen) atoms. The molecule has 2 N–H and O–H groups in total. The lowest BCUT2D eigenvalue weighted by molar-refractivity contribution is -0.925. The Morgan fingerprint density at radius 1 is 1.19 bits per heavy atom.